The molecule has 100 valence electrons. The van der Waals surface area contributed by atoms with E-state index in [9.17, 15) is 9.90 Å². The summed E-state index contributed by atoms with van der Waals surface area (Å²) in [6, 6.07) is 4.29. The van der Waals surface area contributed by atoms with Crippen LogP contribution in [0.1, 0.15) is 12.5 Å². The summed E-state index contributed by atoms with van der Waals surface area (Å²) in [7, 11) is 0. The van der Waals surface area contributed by atoms with Gasteiger partial charge in [0.25, 0.3) is 0 Å². The van der Waals surface area contributed by atoms with Crippen LogP contribution in [0.25, 0.3) is 6.08 Å². The zero-order chi connectivity index (χ0) is 12.8. The lowest BCUT2D eigenvalue weighted by Gasteiger charge is -2.07. The van der Waals surface area contributed by atoms with Gasteiger partial charge in [0.15, 0.2) is 0 Å². The average molecular weight is 273 g/mol. The zero-order valence-electron chi connectivity index (χ0n) is 9.96. The number of phenolic OH excluding ortho intramolecular Hbond substituents is 1. The van der Waals surface area contributed by atoms with Crippen molar-refractivity contribution >= 4 is 30.1 Å². The van der Waals surface area contributed by atoms with Gasteiger partial charge in [0.05, 0.1) is 6.61 Å². The van der Waals surface area contributed by atoms with Crippen molar-refractivity contribution in [1.82, 2.24) is 5.32 Å². The van der Waals surface area contributed by atoms with Crippen molar-refractivity contribution < 1.29 is 15.0 Å². The summed E-state index contributed by atoms with van der Waals surface area (Å²) in [6.07, 6.45) is 2.74. The molecule has 0 heterocycles. The van der Waals surface area contributed by atoms with Gasteiger partial charge in [-0.05, 0) is 31.2 Å². The first-order chi connectivity index (χ1) is 8.02. The normalized spacial score (nSPS) is 11.9. The zero-order valence-corrected chi connectivity index (χ0v) is 10.8. The summed E-state index contributed by atoms with van der Waals surface area (Å²) < 4.78 is 0. The summed E-state index contributed by atoms with van der Waals surface area (Å²) >= 11 is 0. The van der Waals surface area contributed by atoms with Crippen LogP contribution in [-0.2, 0) is 4.79 Å². The quantitative estimate of drug-likeness (QED) is 0.372. The molecule has 0 radical (unpaired) electrons. The largest absolute Gasteiger partial charge is 0.507 e. The van der Waals surface area contributed by atoms with Gasteiger partial charge in [0.2, 0.25) is 5.91 Å². The van der Waals surface area contributed by atoms with Crippen LogP contribution < -0.4 is 11.1 Å². The van der Waals surface area contributed by atoms with Crippen molar-refractivity contribution in [2.24, 2.45) is 0 Å². The number of amides is 1. The Bertz CT molecular complexity index is 435. The van der Waals surface area contributed by atoms with Crippen molar-refractivity contribution in [2.45, 2.75) is 13.0 Å². The molecule has 0 spiro atoms. The van der Waals surface area contributed by atoms with Gasteiger partial charge in [-0.15, -0.1) is 12.4 Å². The van der Waals surface area contributed by atoms with E-state index in [4.69, 9.17) is 10.8 Å². The number of rotatable bonds is 4. The van der Waals surface area contributed by atoms with E-state index >= 15 is 0 Å². The molecule has 5 N–H and O–H groups in total. The molecule has 1 atom stereocenters. The Balaban J connectivity index is 0.00000289. The summed E-state index contributed by atoms with van der Waals surface area (Å²) in [6.45, 7) is 1.56. The number of hydrogen-bond acceptors (Lipinski definition) is 4. The van der Waals surface area contributed by atoms with E-state index in [0.29, 0.717) is 11.3 Å². The number of benzene rings is 1. The van der Waals surface area contributed by atoms with E-state index in [1.54, 1.807) is 19.1 Å². The SMILES string of the molecule is CC(CO)NC(=O)/C=C/c1cc(N)ccc1O.Cl. The first-order valence-electron chi connectivity index (χ1n) is 5.21. The second-order valence-corrected chi connectivity index (χ2v) is 3.74. The van der Waals surface area contributed by atoms with Gasteiger partial charge in [-0.1, -0.05) is 0 Å². The average Bonchev–Trinajstić information content (AvgIpc) is 2.30. The first kappa shape index (κ1) is 16.3. The second kappa shape index (κ2) is 7.58. The topological polar surface area (TPSA) is 95.6 Å². The molecular weight excluding hydrogens is 256 g/mol. The molecule has 0 aliphatic carbocycles. The lowest BCUT2D eigenvalue weighted by Crippen LogP contribution is -2.33. The highest BCUT2D eigenvalue weighted by molar-refractivity contribution is 5.92. The van der Waals surface area contributed by atoms with Gasteiger partial charge < -0.3 is 21.3 Å². The summed E-state index contributed by atoms with van der Waals surface area (Å²) in [5.74, 6) is -0.285. The van der Waals surface area contributed by atoms with Gasteiger partial charge >= 0.3 is 0 Å². The standard InChI is InChI=1S/C12H16N2O3.ClH/c1-8(7-15)14-12(17)5-2-9-6-10(13)3-4-11(9)16;/h2-6,8,15-16H,7,13H2,1H3,(H,14,17);1H/b5-2+;. The predicted molar refractivity (Wildman–Crippen MR) is 73.5 cm³/mol. The van der Waals surface area contributed by atoms with Crippen LogP contribution in [0.15, 0.2) is 24.3 Å². The third kappa shape index (κ3) is 5.07. The number of halogens is 1. The molecule has 1 aromatic carbocycles. The Kier molecular flexibility index (Phi) is 6.85. The Morgan fingerprint density at radius 1 is 1.56 bits per heavy atom. The smallest absolute Gasteiger partial charge is 0.244 e. The number of carbonyl (C=O) groups is 1. The minimum atomic E-state index is -0.339. The number of phenols is 1. The minimum Gasteiger partial charge on any atom is -0.507 e. The van der Waals surface area contributed by atoms with Crippen LogP contribution >= 0.6 is 12.4 Å². The van der Waals surface area contributed by atoms with Crippen molar-refractivity contribution in [2.75, 3.05) is 12.3 Å². The highest BCUT2D eigenvalue weighted by Gasteiger charge is 2.03. The third-order valence-corrected chi connectivity index (χ3v) is 2.13. The molecule has 0 aromatic heterocycles. The van der Waals surface area contributed by atoms with Crippen LogP contribution in [0.4, 0.5) is 5.69 Å². The highest BCUT2D eigenvalue weighted by Crippen LogP contribution is 2.20. The fourth-order valence-electron chi connectivity index (χ4n) is 1.21. The number of anilines is 1. The lowest BCUT2D eigenvalue weighted by atomic mass is 10.1. The first-order valence-corrected chi connectivity index (χ1v) is 5.21. The number of aliphatic hydroxyl groups is 1. The molecule has 1 unspecified atom stereocenters. The summed E-state index contributed by atoms with van der Waals surface area (Å²) in [5, 5.41) is 20.8. The predicted octanol–water partition coefficient (Wildman–Crippen LogP) is 0.906. The highest BCUT2D eigenvalue weighted by atomic mass is 35.5. The molecule has 0 aliphatic heterocycles. The summed E-state index contributed by atoms with van der Waals surface area (Å²) in [4.78, 5) is 11.4. The summed E-state index contributed by atoms with van der Waals surface area (Å²) in [5.41, 5.74) is 6.53. The number of carbonyl (C=O) groups excluding carboxylic acids is 1. The van der Waals surface area contributed by atoms with Gasteiger partial charge in [-0.3, -0.25) is 4.79 Å². The van der Waals surface area contributed by atoms with E-state index in [-0.39, 0.29) is 36.7 Å². The molecule has 0 fully saturated rings. The molecule has 5 nitrogen and oxygen atoms in total. The van der Waals surface area contributed by atoms with Gasteiger partial charge in [-0.25, -0.2) is 0 Å². The molecule has 1 rings (SSSR count). The van der Waals surface area contributed by atoms with Crippen LogP contribution in [0, 0.1) is 0 Å². The number of nitrogens with two attached hydrogens (primary N) is 1. The molecule has 1 aromatic rings. The lowest BCUT2D eigenvalue weighted by molar-refractivity contribution is -0.117. The van der Waals surface area contributed by atoms with Crippen molar-refractivity contribution in [3.8, 4) is 5.75 Å². The molecule has 6 heteroatoms. The maximum atomic E-state index is 11.4. The Morgan fingerprint density at radius 2 is 2.22 bits per heavy atom. The molecule has 0 bridgehead atoms. The maximum absolute atomic E-state index is 11.4. The third-order valence-electron chi connectivity index (χ3n) is 2.13. The number of nitrogens with one attached hydrogen (secondary N) is 1. The van der Waals surface area contributed by atoms with E-state index in [2.05, 4.69) is 5.32 Å². The van der Waals surface area contributed by atoms with E-state index in [1.165, 1.54) is 18.2 Å². The molecular formula is C12H17ClN2O3. The Hall–Kier alpha value is -1.72. The van der Waals surface area contributed by atoms with Gasteiger partial charge in [-0.2, -0.15) is 0 Å². The molecule has 1 amide bonds. The molecule has 0 saturated carbocycles. The number of nitrogen functional groups attached to an aromatic ring is 1. The van der Waals surface area contributed by atoms with E-state index < -0.39 is 0 Å². The Morgan fingerprint density at radius 3 is 2.83 bits per heavy atom. The van der Waals surface area contributed by atoms with E-state index in [0.717, 1.165) is 0 Å². The molecule has 0 aliphatic rings. The second-order valence-electron chi connectivity index (χ2n) is 3.74. The number of hydrogen-bond donors (Lipinski definition) is 4. The van der Waals surface area contributed by atoms with Crippen LogP contribution in [0.3, 0.4) is 0 Å². The van der Waals surface area contributed by atoms with Gasteiger partial charge in [0.1, 0.15) is 5.75 Å². The van der Waals surface area contributed by atoms with Crippen molar-refractivity contribution in [1.29, 1.82) is 0 Å². The molecule has 0 saturated heterocycles. The van der Waals surface area contributed by atoms with E-state index in [1.807, 2.05) is 0 Å². The van der Waals surface area contributed by atoms with Crippen LogP contribution in [-0.4, -0.2) is 28.8 Å². The van der Waals surface area contributed by atoms with Gasteiger partial charge in [0, 0.05) is 23.4 Å². The van der Waals surface area contributed by atoms with Crippen molar-refractivity contribution in [3.63, 3.8) is 0 Å². The molecule has 18 heavy (non-hydrogen) atoms. The minimum absolute atomic E-state index is 0. The van der Waals surface area contributed by atoms with Crippen LogP contribution in [0.2, 0.25) is 0 Å². The maximum Gasteiger partial charge on any atom is 0.244 e. The Labute approximate surface area is 112 Å². The van der Waals surface area contributed by atoms with Crippen molar-refractivity contribution in [3.05, 3.63) is 29.8 Å². The fourth-order valence-corrected chi connectivity index (χ4v) is 1.21. The monoisotopic (exact) mass is 272 g/mol. The number of aliphatic hydroxyl groups excluding tert-OH is 1. The van der Waals surface area contributed by atoms with Crippen LogP contribution in [0.5, 0.6) is 5.75 Å². The fraction of sp³-hybridized carbons (Fsp3) is 0.250. The number of aromatic hydroxyl groups is 1.